The molecule has 5 nitrogen and oxygen atoms in total. The van der Waals surface area contributed by atoms with Gasteiger partial charge in [-0.15, -0.1) is 0 Å². The molecule has 6 heteroatoms. The molecule has 0 radical (unpaired) electrons. The number of nitrogens with zero attached hydrogens (tertiary/aromatic N) is 4. The largest absolute Gasteiger partial charge is 0.332 e. The number of aromatic nitrogens is 4. The summed E-state index contributed by atoms with van der Waals surface area (Å²) in [5.41, 5.74) is 1.42. The molecule has 0 spiro atoms. The van der Waals surface area contributed by atoms with E-state index in [9.17, 15) is 0 Å². The zero-order chi connectivity index (χ0) is 11.0. The summed E-state index contributed by atoms with van der Waals surface area (Å²) in [4.78, 5) is 4.18. The second kappa shape index (κ2) is 3.66. The molecule has 2 heterocycles. The Hall–Kier alpha value is -1.36. The van der Waals surface area contributed by atoms with Gasteiger partial charge in [0.25, 0.3) is 5.89 Å². The average molecular weight is 227 g/mol. The minimum Gasteiger partial charge on any atom is -0.332 e. The van der Waals surface area contributed by atoms with E-state index in [1.807, 2.05) is 20.9 Å². The highest BCUT2D eigenvalue weighted by molar-refractivity contribution is 6.33. The summed E-state index contributed by atoms with van der Waals surface area (Å²) in [5, 5.41) is 8.57. The van der Waals surface area contributed by atoms with Gasteiger partial charge in [0.1, 0.15) is 0 Å². The van der Waals surface area contributed by atoms with Gasteiger partial charge in [-0.2, -0.15) is 10.1 Å². The predicted octanol–water partition coefficient (Wildman–Crippen LogP) is 1.99. The van der Waals surface area contributed by atoms with Crippen LogP contribution in [0.2, 0.25) is 5.02 Å². The Kier molecular flexibility index (Phi) is 2.48. The molecule has 15 heavy (non-hydrogen) atoms. The van der Waals surface area contributed by atoms with Crippen molar-refractivity contribution < 1.29 is 4.52 Å². The van der Waals surface area contributed by atoms with Gasteiger partial charge in [-0.25, -0.2) is 0 Å². The summed E-state index contributed by atoms with van der Waals surface area (Å²) in [6.45, 7) is 3.84. The van der Waals surface area contributed by atoms with Crippen LogP contribution in [-0.4, -0.2) is 19.9 Å². The Morgan fingerprint density at radius 2 is 2.20 bits per heavy atom. The van der Waals surface area contributed by atoms with Crippen LogP contribution in [-0.2, 0) is 13.5 Å². The van der Waals surface area contributed by atoms with E-state index in [0.29, 0.717) is 22.4 Å². The van der Waals surface area contributed by atoms with Crippen LogP contribution < -0.4 is 0 Å². The first-order valence-corrected chi connectivity index (χ1v) is 5.03. The highest BCUT2D eigenvalue weighted by atomic mass is 35.5. The van der Waals surface area contributed by atoms with E-state index in [-0.39, 0.29) is 0 Å². The monoisotopic (exact) mass is 226 g/mol. The zero-order valence-electron chi connectivity index (χ0n) is 8.78. The summed E-state index contributed by atoms with van der Waals surface area (Å²) in [5.74, 6) is 1.03. The van der Waals surface area contributed by atoms with Gasteiger partial charge in [0.15, 0.2) is 11.5 Å². The van der Waals surface area contributed by atoms with Gasteiger partial charge in [0.2, 0.25) is 0 Å². The van der Waals surface area contributed by atoms with Gasteiger partial charge in [-0.3, -0.25) is 4.68 Å². The molecule has 0 N–H and O–H groups in total. The summed E-state index contributed by atoms with van der Waals surface area (Å²) in [6.07, 6.45) is 0.729. The van der Waals surface area contributed by atoms with Gasteiger partial charge in [0, 0.05) is 13.5 Å². The lowest BCUT2D eigenvalue weighted by molar-refractivity contribution is 0.421. The van der Waals surface area contributed by atoms with E-state index in [2.05, 4.69) is 15.2 Å². The molecule has 0 unspecified atom stereocenters. The van der Waals surface area contributed by atoms with Gasteiger partial charge in [-0.1, -0.05) is 23.7 Å². The fourth-order valence-electron chi connectivity index (χ4n) is 1.21. The number of hydrogen-bond donors (Lipinski definition) is 0. The molecule has 0 fully saturated rings. The normalized spacial score (nSPS) is 10.9. The molecule has 0 aliphatic heterocycles. The minimum absolute atomic E-state index is 0.376. The second-order valence-corrected chi connectivity index (χ2v) is 3.62. The molecule has 0 aliphatic carbocycles. The van der Waals surface area contributed by atoms with Crippen LogP contribution in [0.4, 0.5) is 0 Å². The van der Waals surface area contributed by atoms with E-state index >= 15 is 0 Å². The Balaban J connectivity index is 2.49. The van der Waals surface area contributed by atoms with E-state index in [1.165, 1.54) is 0 Å². The van der Waals surface area contributed by atoms with Crippen molar-refractivity contribution in [1.29, 1.82) is 0 Å². The number of hydrogen-bond acceptors (Lipinski definition) is 4. The van der Waals surface area contributed by atoms with Crippen molar-refractivity contribution in [2.24, 2.45) is 7.05 Å². The predicted molar refractivity (Wildman–Crippen MR) is 55.6 cm³/mol. The summed E-state index contributed by atoms with van der Waals surface area (Å²) < 4.78 is 6.76. The molecule has 0 bridgehead atoms. The van der Waals surface area contributed by atoms with Gasteiger partial charge in [-0.05, 0) is 6.92 Å². The van der Waals surface area contributed by atoms with Crippen LogP contribution in [0.15, 0.2) is 4.52 Å². The molecule has 2 aromatic heterocycles. The number of rotatable bonds is 2. The minimum atomic E-state index is 0.376. The summed E-state index contributed by atoms with van der Waals surface area (Å²) >= 11 is 6.09. The number of aryl methyl sites for hydroxylation is 2. The fraction of sp³-hybridized carbons (Fsp3) is 0.444. The Bertz CT molecular complexity index is 488. The third-order valence-electron chi connectivity index (χ3n) is 2.25. The summed E-state index contributed by atoms with van der Waals surface area (Å²) in [6, 6.07) is 0. The molecular weight excluding hydrogens is 216 g/mol. The first kappa shape index (κ1) is 10.2. The molecule has 0 saturated carbocycles. The first-order chi connectivity index (χ1) is 7.13. The maximum Gasteiger partial charge on any atom is 0.279 e. The van der Waals surface area contributed by atoms with Crippen molar-refractivity contribution >= 4 is 11.6 Å². The number of halogens is 1. The van der Waals surface area contributed by atoms with Gasteiger partial charge in [0.05, 0.1) is 10.7 Å². The molecule has 2 aromatic rings. The fourth-order valence-corrected chi connectivity index (χ4v) is 1.45. The second-order valence-electron chi connectivity index (χ2n) is 3.24. The third-order valence-corrected chi connectivity index (χ3v) is 2.70. The van der Waals surface area contributed by atoms with Crippen LogP contribution in [0.3, 0.4) is 0 Å². The lowest BCUT2D eigenvalue weighted by Gasteiger charge is -1.89. The standard InChI is InChI=1S/C9H11ClN4O/c1-4-6-11-9(15-13-6)8-7(10)5(2)14(3)12-8/h4H2,1-3H3. The summed E-state index contributed by atoms with van der Waals surface area (Å²) in [7, 11) is 1.82. The highest BCUT2D eigenvalue weighted by Gasteiger charge is 2.18. The Morgan fingerprint density at radius 1 is 1.47 bits per heavy atom. The SMILES string of the molecule is CCc1noc(-c2nn(C)c(C)c2Cl)n1. The molecule has 0 aromatic carbocycles. The smallest absolute Gasteiger partial charge is 0.279 e. The molecule has 0 atom stereocenters. The maximum absolute atomic E-state index is 6.09. The Morgan fingerprint density at radius 3 is 2.67 bits per heavy atom. The van der Waals surface area contributed by atoms with Crippen molar-refractivity contribution in [2.45, 2.75) is 20.3 Å². The van der Waals surface area contributed by atoms with E-state index in [0.717, 1.165) is 12.1 Å². The first-order valence-electron chi connectivity index (χ1n) is 4.65. The van der Waals surface area contributed by atoms with E-state index < -0.39 is 0 Å². The average Bonchev–Trinajstić information content (AvgIpc) is 2.79. The topological polar surface area (TPSA) is 56.7 Å². The molecular formula is C9H11ClN4O. The Labute approximate surface area is 92.0 Å². The van der Waals surface area contributed by atoms with Crippen molar-refractivity contribution in [1.82, 2.24) is 19.9 Å². The van der Waals surface area contributed by atoms with Crippen molar-refractivity contribution in [3.8, 4) is 11.6 Å². The highest BCUT2D eigenvalue weighted by Crippen LogP contribution is 2.27. The van der Waals surface area contributed by atoms with Crippen LogP contribution in [0.25, 0.3) is 11.6 Å². The van der Waals surface area contributed by atoms with Gasteiger partial charge < -0.3 is 4.52 Å². The van der Waals surface area contributed by atoms with Crippen LogP contribution >= 0.6 is 11.6 Å². The van der Waals surface area contributed by atoms with Crippen molar-refractivity contribution in [3.05, 3.63) is 16.5 Å². The molecule has 0 aliphatic rings. The lowest BCUT2D eigenvalue weighted by Crippen LogP contribution is -1.92. The van der Waals surface area contributed by atoms with Crippen LogP contribution in [0.1, 0.15) is 18.4 Å². The van der Waals surface area contributed by atoms with Crippen molar-refractivity contribution in [3.63, 3.8) is 0 Å². The van der Waals surface area contributed by atoms with E-state index in [1.54, 1.807) is 4.68 Å². The quantitative estimate of drug-likeness (QED) is 0.786. The van der Waals surface area contributed by atoms with Crippen molar-refractivity contribution in [2.75, 3.05) is 0 Å². The molecule has 0 saturated heterocycles. The molecule has 2 rings (SSSR count). The molecule has 0 amide bonds. The van der Waals surface area contributed by atoms with Gasteiger partial charge >= 0.3 is 0 Å². The van der Waals surface area contributed by atoms with Crippen LogP contribution in [0, 0.1) is 6.92 Å². The molecule has 80 valence electrons. The van der Waals surface area contributed by atoms with Crippen LogP contribution in [0.5, 0.6) is 0 Å². The zero-order valence-corrected chi connectivity index (χ0v) is 9.54. The maximum atomic E-state index is 6.09. The lowest BCUT2D eigenvalue weighted by atomic mass is 10.3. The van der Waals surface area contributed by atoms with E-state index in [4.69, 9.17) is 16.1 Å². The third kappa shape index (κ3) is 1.63.